The lowest BCUT2D eigenvalue weighted by molar-refractivity contribution is -0.143. The Hall–Kier alpha value is -1.14. The van der Waals surface area contributed by atoms with E-state index in [1.807, 2.05) is 24.3 Å². The zero-order valence-electron chi connectivity index (χ0n) is 17.4. The number of carbonyl (C=O) groups excluding carboxylic acids is 1. The number of benzene rings is 1. The van der Waals surface area contributed by atoms with Crippen LogP contribution < -0.4 is 0 Å². The van der Waals surface area contributed by atoms with Gasteiger partial charge in [0.2, 0.25) is 5.91 Å². The summed E-state index contributed by atoms with van der Waals surface area (Å²) in [5.74, 6) is 0.264. The molecule has 0 bridgehead atoms. The zero-order chi connectivity index (χ0) is 20.1. The highest BCUT2D eigenvalue weighted by atomic mass is 35.5. The molecule has 0 aromatic heterocycles. The highest BCUT2D eigenvalue weighted by molar-refractivity contribution is 6.30. The number of halogens is 1. The molecule has 0 spiro atoms. The van der Waals surface area contributed by atoms with Crippen molar-refractivity contribution in [1.29, 1.82) is 0 Å². The van der Waals surface area contributed by atoms with Crippen molar-refractivity contribution in [3.8, 4) is 0 Å². The molecule has 2 atom stereocenters. The molecule has 3 aliphatic rings. The molecule has 0 radical (unpaired) electrons. The van der Waals surface area contributed by atoms with E-state index in [0.29, 0.717) is 24.3 Å². The predicted octanol–water partition coefficient (Wildman–Crippen LogP) is 3.58. The van der Waals surface area contributed by atoms with Gasteiger partial charge in [-0.2, -0.15) is 0 Å². The summed E-state index contributed by atoms with van der Waals surface area (Å²) in [7, 11) is 0. The van der Waals surface area contributed by atoms with Crippen molar-refractivity contribution in [3.05, 3.63) is 34.9 Å². The quantitative estimate of drug-likeness (QED) is 0.706. The van der Waals surface area contributed by atoms with Gasteiger partial charge in [0.15, 0.2) is 0 Å². The Labute approximate surface area is 179 Å². The maximum absolute atomic E-state index is 13.9. The number of likely N-dealkylation sites (tertiary alicyclic amines) is 2. The number of nitrogens with zero attached hydrogens (tertiary/aromatic N) is 3. The minimum Gasteiger partial charge on any atom is -0.379 e. The minimum atomic E-state index is -0.233. The van der Waals surface area contributed by atoms with Crippen molar-refractivity contribution < 1.29 is 9.53 Å². The summed E-state index contributed by atoms with van der Waals surface area (Å²) in [6.45, 7) is 7.43. The van der Waals surface area contributed by atoms with Crippen LogP contribution in [0, 0.1) is 0 Å². The Morgan fingerprint density at radius 2 is 1.69 bits per heavy atom. The fourth-order valence-corrected chi connectivity index (χ4v) is 5.20. The number of piperidine rings is 1. The molecule has 3 fully saturated rings. The van der Waals surface area contributed by atoms with E-state index in [1.165, 1.54) is 32.4 Å². The van der Waals surface area contributed by atoms with Gasteiger partial charge >= 0.3 is 0 Å². The van der Waals surface area contributed by atoms with Crippen LogP contribution in [0.25, 0.3) is 0 Å². The first kappa shape index (κ1) is 21.1. The second kappa shape index (κ2) is 10.3. The Morgan fingerprint density at radius 3 is 2.41 bits per heavy atom. The summed E-state index contributed by atoms with van der Waals surface area (Å²) in [4.78, 5) is 20.9. The Bertz CT molecular complexity index is 657. The summed E-state index contributed by atoms with van der Waals surface area (Å²) < 4.78 is 5.55. The molecule has 1 aromatic rings. The number of hydrogen-bond acceptors (Lipinski definition) is 4. The first-order valence-electron chi connectivity index (χ1n) is 11.3. The fourth-order valence-electron chi connectivity index (χ4n) is 5.08. The van der Waals surface area contributed by atoms with Gasteiger partial charge in [0.05, 0.1) is 13.2 Å². The molecule has 3 aliphatic heterocycles. The third-order valence-electron chi connectivity index (χ3n) is 6.72. The number of amides is 1. The molecule has 0 unspecified atom stereocenters. The van der Waals surface area contributed by atoms with Crippen LogP contribution in [0.3, 0.4) is 0 Å². The lowest BCUT2D eigenvalue weighted by Gasteiger charge is -2.42. The van der Waals surface area contributed by atoms with Crippen LogP contribution in [-0.4, -0.2) is 79.1 Å². The van der Waals surface area contributed by atoms with Gasteiger partial charge in [-0.3, -0.25) is 9.69 Å². The number of rotatable bonds is 6. The van der Waals surface area contributed by atoms with Crippen LogP contribution >= 0.6 is 11.6 Å². The molecule has 0 aliphatic carbocycles. The average Bonchev–Trinajstić information content (AvgIpc) is 3.28. The highest BCUT2D eigenvalue weighted by Crippen LogP contribution is 2.30. The summed E-state index contributed by atoms with van der Waals surface area (Å²) in [5.41, 5.74) is 1.05. The van der Waals surface area contributed by atoms with Gasteiger partial charge < -0.3 is 14.5 Å². The second-order valence-corrected chi connectivity index (χ2v) is 9.06. The van der Waals surface area contributed by atoms with E-state index in [0.717, 1.165) is 51.0 Å². The number of ether oxygens (including phenoxy) is 1. The Balaban J connectivity index is 1.51. The maximum atomic E-state index is 13.9. The number of hydrogen-bond donors (Lipinski definition) is 0. The molecule has 1 aromatic carbocycles. The van der Waals surface area contributed by atoms with Gasteiger partial charge in [-0.1, -0.05) is 23.7 Å². The van der Waals surface area contributed by atoms with Crippen LogP contribution in [0.1, 0.15) is 50.1 Å². The van der Waals surface area contributed by atoms with Gasteiger partial charge in [0, 0.05) is 37.2 Å². The summed E-state index contributed by atoms with van der Waals surface area (Å²) in [6, 6.07) is 7.97. The van der Waals surface area contributed by atoms with Gasteiger partial charge in [0.25, 0.3) is 0 Å². The molecule has 29 heavy (non-hydrogen) atoms. The molecule has 4 rings (SSSR count). The molecule has 3 saturated heterocycles. The minimum absolute atomic E-state index is 0.233. The van der Waals surface area contributed by atoms with Crippen LogP contribution in [0.15, 0.2) is 24.3 Å². The Morgan fingerprint density at radius 1 is 1.00 bits per heavy atom. The highest BCUT2D eigenvalue weighted by Gasteiger charge is 2.36. The second-order valence-electron chi connectivity index (χ2n) is 8.62. The first-order valence-corrected chi connectivity index (χ1v) is 11.7. The SMILES string of the molecule is O=C([C@@H](c1ccc(Cl)cc1)N1CCOCC1)N1CCCC[C@@H]1CCN1CCCC1. The summed E-state index contributed by atoms with van der Waals surface area (Å²) in [6.07, 6.45) is 7.23. The van der Waals surface area contributed by atoms with E-state index < -0.39 is 0 Å². The summed E-state index contributed by atoms with van der Waals surface area (Å²) >= 11 is 6.12. The van der Waals surface area contributed by atoms with Crippen molar-refractivity contribution in [1.82, 2.24) is 14.7 Å². The molecule has 3 heterocycles. The maximum Gasteiger partial charge on any atom is 0.244 e. The molecule has 0 N–H and O–H groups in total. The average molecular weight is 420 g/mol. The van der Waals surface area contributed by atoms with E-state index in [4.69, 9.17) is 16.3 Å². The molecule has 5 nitrogen and oxygen atoms in total. The molecular weight excluding hydrogens is 386 g/mol. The molecule has 0 saturated carbocycles. The molecular formula is C23H34ClN3O2. The van der Waals surface area contributed by atoms with Crippen molar-refractivity contribution in [2.45, 2.75) is 50.6 Å². The van der Waals surface area contributed by atoms with E-state index in [-0.39, 0.29) is 11.9 Å². The van der Waals surface area contributed by atoms with E-state index in [2.05, 4.69) is 14.7 Å². The van der Waals surface area contributed by atoms with Gasteiger partial charge in [-0.25, -0.2) is 0 Å². The van der Waals surface area contributed by atoms with Crippen LogP contribution in [0.4, 0.5) is 0 Å². The van der Waals surface area contributed by atoms with Crippen molar-refractivity contribution in [2.24, 2.45) is 0 Å². The van der Waals surface area contributed by atoms with Crippen molar-refractivity contribution >= 4 is 17.5 Å². The van der Waals surface area contributed by atoms with E-state index in [9.17, 15) is 4.79 Å². The van der Waals surface area contributed by atoms with Gasteiger partial charge in [-0.05, 0) is 69.3 Å². The lowest BCUT2D eigenvalue weighted by Crippen LogP contribution is -2.52. The third-order valence-corrected chi connectivity index (χ3v) is 6.97. The standard InChI is InChI=1S/C23H34ClN3O2/c24-20-8-6-19(7-9-20)22(26-15-17-29-18-16-26)23(28)27-13-2-1-5-21(27)10-14-25-11-3-4-12-25/h6-9,21-22H,1-5,10-18H2/t21-,22-/m1/s1. The van der Waals surface area contributed by atoms with E-state index >= 15 is 0 Å². The number of carbonyl (C=O) groups is 1. The van der Waals surface area contributed by atoms with Crippen LogP contribution in [0.2, 0.25) is 5.02 Å². The molecule has 1 amide bonds. The molecule has 160 valence electrons. The van der Waals surface area contributed by atoms with Crippen molar-refractivity contribution in [2.75, 3.05) is 52.5 Å². The Kier molecular flexibility index (Phi) is 7.46. The first-order chi connectivity index (χ1) is 14.2. The monoisotopic (exact) mass is 419 g/mol. The van der Waals surface area contributed by atoms with Crippen molar-refractivity contribution in [3.63, 3.8) is 0 Å². The largest absolute Gasteiger partial charge is 0.379 e. The topological polar surface area (TPSA) is 36.0 Å². The third kappa shape index (κ3) is 5.32. The fraction of sp³-hybridized carbons (Fsp3) is 0.696. The van der Waals surface area contributed by atoms with Crippen LogP contribution in [0.5, 0.6) is 0 Å². The normalized spacial score (nSPS) is 25.3. The van der Waals surface area contributed by atoms with Crippen LogP contribution in [-0.2, 0) is 9.53 Å². The molecule has 6 heteroatoms. The predicted molar refractivity (Wildman–Crippen MR) is 116 cm³/mol. The van der Waals surface area contributed by atoms with E-state index in [1.54, 1.807) is 0 Å². The van der Waals surface area contributed by atoms with Gasteiger partial charge in [0.1, 0.15) is 6.04 Å². The van der Waals surface area contributed by atoms with Gasteiger partial charge in [-0.15, -0.1) is 0 Å². The lowest BCUT2D eigenvalue weighted by atomic mass is 9.95. The summed E-state index contributed by atoms with van der Waals surface area (Å²) in [5, 5.41) is 0.711. The smallest absolute Gasteiger partial charge is 0.244 e. The zero-order valence-corrected chi connectivity index (χ0v) is 18.2. The number of morpholine rings is 1.